The Morgan fingerprint density at radius 3 is 2.47 bits per heavy atom. The minimum atomic E-state index is -0.846. The molecule has 1 fully saturated rings. The van der Waals surface area contributed by atoms with Gasteiger partial charge in [-0.05, 0) is 54.1 Å². The van der Waals surface area contributed by atoms with Crippen LogP contribution in [0.3, 0.4) is 0 Å². The number of carbonyl (C=O) groups is 3. The van der Waals surface area contributed by atoms with Gasteiger partial charge in [0, 0.05) is 10.6 Å². The Hall–Kier alpha value is -3.97. The van der Waals surface area contributed by atoms with Crippen LogP contribution in [0, 0.1) is 5.82 Å². The van der Waals surface area contributed by atoms with E-state index in [-0.39, 0.29) is 23.7 Å². The summed E-state index contributed by atoms with van der Waals surface area (Å²) in [6.07, 6.45) is 1.36. The number of hydrogen-bond acceptors (Lipinski definition) is 4. The standard InChI is InChI=1S/C24H16ClFN2O4/c25-17-8-10-18(11-9-17)28-23(30)20(22(29)27-24(28)31)13-15-4-3-6-19(12-15)32-14-16-5-1-2-7-21(16)26/h1-13H,14H2,(H,27,29,31)/b20-13-. The van der Waals surface area contributed by atoms with Gasteiger partial charge in [0.1, 0.15) is 23.7 Å². The summed E-state index contributed by atoms with van der Waals surface area (Å²) in [5, 5.41) is 2.61. The monoisotopic (exact) mass is 450 g/mol. The van der Waals surface area contributed by atoms with Crippen LogP contribution in [-0.2, 0) is 16.2 Å². The van der Waals surface area contributed by atoms with E-state index in [1.807, 2.05) is 0 Å². The largest absolute Gasteiger partial charge is 0.489 e. The molecular formula is C24H16ClFN2O4. The van der Waals surface area contributed by atoms with Gasteiger partial charge in [-0.2, -0.15) is 0 Å². The Kier molecular flexibility index (Phi) is 6.00. The average Bonchev–Trinajstić information content (AvgIpc) is 2.77. The van der Waals surface area contributed by atoms with Crippen molar-refractivity contribution in [2.45, 2.75) is 6.61 Å². The molecule has 4 rings (SSSR count). The molecule has 1 aliphatic rings. The number of anilines is 1. The van der Waals surface area contributed by atoms with Gasteiger partial charge >= 0.3 is 6.03 Å². The van der Waals surface area contributed by atoms with Gasteiger partial charge in [-0.15, -0.1) is 0 Å². The van der Waals surface area contributed by atoms with E-state index in [0.717, 1.165) is 4.90 Å². The molecule has 1 heterocycles. The van der Waals surface area contributed by atoms with Crippen molar-refractivity contribution in [1.82, 2.24) is 5.32 Å². The molecule has 1 N–H and O–H groups in total. The number of rotatable bonds is 5. The van der Waals surface area contributed by atoms with E-state index >= 15 is 0 Å². The summed E-state index contributed by atoms with van der Waals surface area (Å²) in [4.78, 5) is 38.4. The molecule has 8 heteroatoms. The molecule has 1 saturated heterocycles. The molecule has 3 aromatic rings. The Bertz CT molecular complexity index is 1240. The maximum atomic E-state index is 13.8. The zero-order chi connectivity index (χ0) is 22.7. The SMILES string of the molecule is O=C1NC(=O)N(c2ccc(Cl)cc2)C(=O)/C1=C\c1cccc(OCc2ccccc2F)c1. The number of ether oxygens (including phenoxy) is 1. The minimum absolute atomic E-state index is 0.0188. The maximum Gasteiger partial charge on any atom is 0.335 e. The fourth-order valence-corrected chi connectivity index (χ4v) is 3.25. The van der Waals surface area contributed by atoms with E-state index in [1.165, 1.54) is 36.4 Å². The van der Waals surface area contributed by atoms with Crippen LogP contribution in [0.5, 0.6) is 5.75 Å². The summed E-state index contributed by atoms with van der Waals surface area (Å²) in [6.45, 7) is 0.0188. The summed E-state index contributed by atoms with van der Waals surface area (Å²) in [5.74, 6) is -1.51. The fraction of sp³-hybridized carbons (Fsp3) is 0.0417. The van der Waals surface area contributed by atoms with Crippen molar-refractivity contribution in [3.63, 3.8) is 0 Å². The van der Waals surface area contributed by atoms with E-state index < -0.39 is 17.8 Å². The molecule has 0 aromatic heterocycles. The molecule has 0 saturated carbocycles. The van der Waals surface area contributed by atoms with Crippen molar-refractivity contribution in [1.29, 1.82) is 0 Å². The van der Waals surface area contributed by atoms with E-state index in [4.69, 9.17) is 16.3 Å². The Morgan fingerprint density at radius 1 is 0.969 bits per heavy atom. The first-order valence-electron chi connectivity index (χ1n) is 9.55. The lowest BCUT2D eigenvalue weighted by Gasteiger charge is -2.26. The number of amides is 4. The maximum absolute atomic E-state index is 13.8. The van der Waals surface area contributed by atoms with Gasteiger partial charge in [0.15, 0.2) is 0 Å². The molecule has 160 valence electrons. The topological polar surface area (TPSA) is 75.7 Å². The number of benzene rings is 3. The van der Waals surface area contributed by atoms with E-state index in [0.29, 0.717) is 21.9 Å². The summed E-state index contributed by atoms with van der Waals surface area (Å²) >= 11 is 5.87. The zero-order valence-electron chi connectivity index (χ0n) is 16.5. The lowest BCUT2D eigenvalue weighted by molar-refractivity contribution is -0.122. The van der Waals surface area contributed by atoms with E-state index in [2.05, 4.69) is 5.32 Å². The lowest BCUT2D eigenvalue weighted by Crippen LogP contribution is -2.54. The van der Waals surface area contributed by atoms with Crippen molar-refractivity contribution in [3.05, 3.63) is 100 Å². The predicted molar refractivity (Wildman–Crippen MR) is 118 cm³/mol. The average molecular weight is 451 g/mol. The third kappa shape index (κ3) is 4.53. The van der Waals surface area contributed by atoms with Crippen LogP contribution in [0.15, 0.2) is 78.4 Å². The highest BCUT2D eigenvalue weighted by molar-refractivity contribution is 6.39. The van der Waals surface area contributed by atoms with Crippen molar-refractivity contribution in [2.75, 3.05) is 4.90 Å². The van der Waals surface area contributed by atoms with Gasteiger partial charge in [0.2, 0.25) is 0 Å². The van der Waals surface area contributed by atoms with Crippen LogP contribution in [-0.4, -0.2) is 17.8 Å². The molecule has 3 aromatic carbocycles. The second kappa shape index (κ2) is 9.03. The first-order valence-corrected chi connectivity index (χ1v) is 9.93. The Balaban J connectivity index is 1.58. The third-order valence-electron chi connectivity index (χ3n) is 4.71. The lowest BCUT2D eigenvalue weighted by atomic mass is 10.1. The van der Waals surface area contributed by atoms with Gasteiger partial charge in [0.05, 0.1) is 5.69 Å². The summed E-state index contributed by atoms with van der Waals surface area (Å²) in [5.41, 5.74) is 0.957. The Labute approximate surface area is 187 Å². The van der Waals surface area contributed by atoms with Crippen LogP contribution >= 0.6 is 11.6 Å². The number of hydrogen-bond donors (Lipinski definition) is 1. The molecule has 0 atom stereocenters. The molecule has 0 radical (unpaired) electrons. The number of carbonyl (C=O) groups excluding carboxylic acids is 3. The highest BCUT2D eigenvalue weighted by Crippen LogP contribution is 2.24. The van der Waals surface area contributed by atoms with Gasteiger partial charge < -0.3 is 4.74 Å². The zero-order valence-corrected chi connectivity index (χ0v) is 17.3. The van der Waals surface area contributed by atoms with Crippen molar-refractivity contribution >= 4 is 41.2 Å². The summed E-state index contributed by atoms with van der Waals surface area (Å²) < 4.78 is 19.4. The number of nitrogens with zero attached hydrogens (tertiary/aromatic N) is 1. The number of nitrogens with one attached hydrogen (secondary N) is 1. The fourth-order valence-electron chi connectivity index (χ4n) is 3.12. The number of barbiturate groups is 1. The Morgan fingerprint density at radius 2 is 1.72 bits per heavy atom. The van der Waals surface area contributed by atoms with Crippen molar-refractivity contribution < 1.29 is 23.5 Å². The highest BCUT2D eigenvalue weighted by Gasteiger charge is 2.36. The molecule has 1 aliphatic heterocycles. The number of urea groups is 1. The van der Waals surface area contributed by atoms with Gasteiger partial charge in [-0.25, -0.2) is 14.1 Å². The molecule has 0 unspecified atom stereocenters. The minimum Gasteiger partial charge on any atom is -0.489 e. The van der Waals surface area contributed by atoms with Crippen LogP contribution in [0.4, 0.5) is 14.9 Å². The van der Waals surface area contributed by atoms with E-state index in [9.17, 15) is 18.8 Å². The quantitative estimate of drug-likeness (QED) is 0.450. The van der Waals surface area contributed by atoms with Crippen LogP contribution in [0.25, 0.3) is 6.08 Å². The van der Waals surface area contributed by atoms with Crippen LogP contribution in [0.1, 0.15) is 11.1 Å². The van der Waals surface area contributed by atoms with Gasteiger partial charge in [-0.1, -0.05) is 41.9 Å². The second-order valence-corrected chi connectivity index (χ2v) is 7.32. The highest BCUT2D eigenvalue weighted by atomic mass is 35.5. The molecule has 4 amide bonds. The second-order valence-electron chi connectivity index (χ2n) is 6.89. The third-order valence-corrected chi connectivity index (χ3v) is 4.96. The van der Waals surface area contributed by atoms with Gasteiger partial charge in [0.25, 0.3) is 11.8 Å². The first-order chi connectivity index (χ1) is 15.4. The molecule has 0 bridgehead atoms. The first kappa shape index (κ1) is 21.3. The van der Waals surface area contributed by atoms with Gasteiger partial charge in [-0.3, -0.25) is 14.9 Å². The normalized spacial score (nSPS) is 15.1. The molecule has 6 nitrogen and oxygen atoms in total. The molecular weight excluding hydrogens is 435 g/mol. The summed E-state index contributed by atoms with van der Waals surface area (Å²) in [6, 6.07) is 18.1. The van der Waals surface area contributed by atoms with E-state index in [1.54, 1.807) is 42.5 Å². The molecule has 32 heavy (non-hydrogen) atoms. The van der Waals surface area contributed by atoms with Crippen molar-refractivity contribution in [3.8, 4) is 5.75 Å². The summed E-state index contributed by atoms with van der Waals surface area (Å²) in [7, 11) is 0. The molecule has 0 aliphatic carbocycles. The van der Waals surface area contributed by atoms with Crippen molar-refractivity contribution in [2.24, 2.45) is 0 Å². The van der Waals surface area contributed by atoms with Crippen LogP contribution < -0.4 is 15.0 Å². The smallest absolute Gasteiger partial charge is 0.335 e. The number of imide groups is 2. The molecule has 0 spiro atoms. The number of halogens is 2. The van der Waals surface area contributed by atoms with Crippen LogP contribution in [0.2, 0.25) is 5.02 Å². The predicted octanol–water partition coefficient (Wildman–Crippen LogP) is 4.72.